The Morgan fingerprint density at radius 1 is 0.900 bits per heavy atom. The van der Waals surface area contributed by atoms with Crippen LogP contribution in [0.15, 0.2) is 83.9 Å². The van der Waals surface area contributed by atoms with E-state index in [2.05, 4.69) is 19.9 Å². The van der Waals surface area contributed by atoms with E-state index in [4.69, 9.17) is 10.2 Å². The lowest BCUT2D eigenvalue weighted by Crippen LogP contribution is -2.12. The van der Waals surface area contributed by atoms with Crippen molar-refractivity contribution in [2.24, 2.45) is 5.73 Å². The Bertz CT molecular complexity index is 1250. The monoisotopic (exact) mass is 397 g/mol. The fourth-order valence-electron chi connectivity index (χ4n) is 2.91. The lowest BCUT2D eigenvalue weighted by atomic mass is 10.1. The molecule has 0 spiro atoms. The molecule has 30 heavy (non-hydrogen) atoms. The highest BCUT2D eigenvalue weighted by atomic mass is 16.4. The number of carbonyl (C=O) groups is 1. The van der Waals surface area contributed by atoms with Crippen LogP contribution in [-0.2, 0) is 12.8 Å². The topological polar surface area (TPSA) is 108 Å². The molecule has 148 valence electrons. The van der Waals surface area contributed by atoms with Crippen LogP contribution in [0, 0.1) is 0 Å². The third-order valence-corrected chi connectivity index (χ3v) is 4.43. The minimum absolute atomic E-state index is 0.170. The van der Waals surface area contributed by atoms with Crippen LogP contribution in [0.25, 0.3) is 10.8 Å². The molecular weight excluding hydrogens is 378 g/mol. The molecule has 0 atom stereocenters. The van der Waals surface area contributed by atoms with Crippen molar-refractivity contribution in [1.29, 1.82) is 0 Å². The van der Waals surface area contributed by atoms with Gasteiger partial charge in [0.25, 0.3) is 5.91 Å². The van der Waals surface area contributed by atoms with Crippen molar-refractivity contribution in [2.75, 3.05) is 0 Å². The molecule has 0 saturated carbocycles. The number of carbonyl (C=O) groups excluding carboxylic acids is 1. The molecule has 0 saturated heterocycles. The number of hydrogen-bond acceptors (Lipinski definition) is 6. The van der Waals surface area contributed by atoms with Crippen molar-refractivity contribution >= 4 is 16.7 Å². The Labute approximate surface area is 173 Å². The molecule has 2 bridgehead atoms. The first-order valence-corrected chi connectivity index (χ1v) is 9.39. The number of benzene rings is 1. The quantitative estimate of drug-likeness (QED) is 0.527. The summed E-state index contributed by atoms with van der Waals surface area (Å²) >= 11 is 0. The molecule has 0 radical (unpaired) electrons. The van der Waals surface area contributed by atoms with E-state index in [0.717, 1.165) is 16.5 Å². The SMILES string of the molecule is NC(=O)c1nccncnccccccc2ccccc2c2nc(oc3c1C3)C2. The number of primary amides is 1. The highest BCUT2D eigenvalue weighted by Gasteiger charge is 2.27. The van der Waals surface area contributed by atoms with Gasteiger partial charge in [-0.1, -0.05) is 48.5 Å². The average Bonchev–Trinajstić information content (AvgIpc) is 3.46. The second-order valence-corrected chi connectivity index (χ2v) is 6.54. The molecule has 0 fully saturated rings. The maximum atomic E-state index is 11.7. The van der Waals surface area contributed by atoms with Gasteiger partial charge in [0, 0.05) is 36.0 Å². The van der Waals surface area contributed by atoms with E-state index < -0.39 is 5.91 Å². The number of nitrogens with two attached hydrogens (primary N) is 1. The molecule has 1 aromatic heterocycles. The fraction of sp³-hybridized carbons (Fsp3) is 0.0870. The van der Waals surface area contributed by atoms with E-state index in [1.54, 1.807) is 12.3 Å². The van der Waals surface area contributed by atoms with E-state index in [1.807, 2.05) is 48.5 Å². The second-order valence-electron chi connectivity index (χ2n) is 6.54. The van der Waals surface area contributed by atoms with Crippen LogP contribution in [0.2, 0.25) is 0 Å². The molecule has 0 unspecified atom stereocenters. The van der Waals surface area contributed by atoms with E-state index in [0.29, 0.717) is 30.1 Å². The first-order chi connectivity index (χ1) is 14.7. The van der Waals surface area contributed by atoms with Gasteiger partial charge in [0.05, 0.1) is 12.1 Å². The molecule has 3 heterocycles. The molecule has 2 N–H and O–H groups in total. The molecule has 1 aromatic carbocycles. The summed E-state index contributed by atoms with van der Waals surface area (Å²) in [5.74, 6) is 0.681. The first kappa shape index (κ1) is 19.2. The summed E-state index contributed by atoms with van der Waals surface area (Å²) in [5.41, 5.74) is 7.27. The van der Waals surface area contributed by atoms with Crippen LogP contribution in [0.1, 0.15) is 33.4 Å². The first-order valence-electron chi connectivity index (χ1n) is 9.39. The summed E-state index contributed by atoms with van der Waals surface area (Å²) in [4.78, 5) is 28.3. The predicted octanol–water partition coefficient (Wildman–Crippen LogP) is 3.42. The Hall–Kier alpha value is -4.13. The van der Waals surface area contributed by atoms with Gasteiger partial charge >= 0.3 is 0 Å². The van der Waals surface area contributed by atoms with Gasteiger partial charge in [0.1, 0.15) is 17.8 Å². The third-order valence-electron chi connectivity index (χ3n) is 4.43. The summed E-state index contributed by atoms with van der Waals surface area (Å²) in [7, 11) is 0. The van der Waals surface area contributed by atoms with Crippen LogP contribution in [0.5, 0.6) is 0 Å². The normalized spacial score (nSPS) is 11.3. The zero-order valence-corrected chi connectivity index (χ0v) is 16.1. The van der Waals surface area contributed by atoms with E-state index >= 15 is 0 Å². The van der Waals surface area contributed by atoms with Gasteiger partial charge in [-0.3, -0.25) is 4.79 Å². The van der Waals surface area contributed by atoms with Crippen molar-refractivity contribution in [1.82, 2.24) is 19.9 Å². The molecule has 7 nitrogen and oxygen atoms in total. The highest BCUT2D eigenvalue weighted by Crippen LogP contribution is 2.30. The van der Waals surface area contributed by atoms with Crippen molar-refractivity contribution in [3.05, 3.63) is 108 Å². The molecule has 1 aliphatic carbocycles. The molecule has 1 amide bonds. The predicted molar refractivity (Wildman–Crippen MR) is 112 cm³/mol. The Kier molecular flexibility index (Phi) is 5.70. The summed E-state index contributed by atoms with van der Waals surface area (Å²) < 4.78 is 5.80. The Morgan fingerprint density at radius 3 is 2.47 bits per heavy atom. The van der Waals surface area contributed by atoms with Crippen LogP contribution < -0.4 is 5.73 Å². The van der Waals surface area contributed by atoms with Gasteiger partial charge in [-0.15, -0.1) is 0 Å². The number of nitrogens with zero attached hydrogens (tertiary/aromatic N) is 4. The largest absolute Gasteiger partial charge is 0.446 e. The average molecular weight is 397 g/mol. The van der Waals surface area contributed by atoms with Gasteiger partial charge in [-0.25, -0.2) is 19.9 Å². The second kappa shape index (κ2) is 8.91. The summed E-state index contributed by atoms with van der Waals surface area (Å²) in [6, 6.07) is 17.7. The van der Waals surface area contributed by atoms with Crippen LogP contribution >= 0.6 is 0 Å². The molecule has 3 aliphatic rings. The lowest BCUT2D eigenvalue weighted by Gasteiger charge is -2.09. The van der Waals surface area contributed by atoms with Crippen molar-refractivity contribution in [2.45, 2.75) is 12.8 Å². The minimum atomic E-state index is -0.612. The standard InChI is InChI=1S/C23H19N5O2/c24-23(29)22-18-13-20(18)30-21-14-19(28-21)17-9-5-4-8-16(17)7-3-1-2-6-10-25-15-26-11-12-27-22/h1-12,15H,13-14H2,(H2,24,29). The number of hydrogen-bond donors (Lipinski definition) is 1. The van der Waals surface area contributed by atoms with Crippen LogP contribution in [0.3, 0.4) is 0 Å². The van der Waals surface area contributed by atoms with Gasteiger partial charge in [0.15, 0.2) is 0 Å². The third kappa shape index (κ3) is 4.64. The zero-order chi connectivity index (χ0) is 20.8. The maximum Gasteiger partial charge on any atom is 0.267 e. The molecule has 7 heteroatoms. The maximum absolute atomic E-state index is 11.7. The molecule has 2 aliphatic heterocycles. The van der Waals surface area contributed by atoms with Crippen LogP contribution in [0.4, 0.5) is 0 Å². The smallest absolute Gasteiger partial charge is 0.267 e. The number of fused-ring (bicyclic) bond motifs is 12. The van der Waals surface area contributed by atoms with Gasteiger partial charge < -0.3 is 10.2 Å². The molecule has 2 aromatic rings. The Balaban J connectivity index is 1.88. The summed E-state index contributed by atoms with van der Waals surface area (Å²) in [6.07, 6.45) is 6.98. The van der Waals surface area contributed by atoms with Gasteiger partial charge in [-0.05, 0) is 11.5 Å². The highest BCUT2D eigenvalue weighted by molar-refractivity contribution is 5.93. The zero-order valence-electron chi connectivity index (χ0n) is 16.1. The van der Waals surface area contributed by atoms with Crippen molar-refractivity contribution < 1.29 is 9.21 Å². The number of rotatable bonds is 1. The fourth-order valence-corrected chi connectivity index (χ4v) is 2.91. The lowest BCUT2D eigenvalue weighted by molar-refractivity contribution is 0.0995. The van der Waals surface area contributed by atoms with E-state index in [1.165, 1.54) is 18.7 Å². The number of amides is 1. The van der Waals surface area contributed by atoms with Crippen molar-refractivity contribution in [3.8, 4) is 0 Å². The Morgan fingerprint density at radius 2 is 1.63 bits per heavy atom. The summed E-state index contributed by atoms with van der Waals surface area (Å²) in [5, 5.41) is 2.14. The van der Waals surface area contributed by atoms with Crippen molar-refractivity contribution in [3.63, 3.8) is 0 Å². The van der Waals surface area contributed by atoms with E-state index in [-0.39, 0.29) is 5.69 Å². The van der Waals surface area contributed by atoms with E-state index in [9.17, 15) is 4.79 Å². The molecular formula is C23H19N5O2. The summed E-state index contributed by atoms with van der Waals surface area (Å²) in [6.45, 7) is 0. The van der Waals surface area contributed by atoms with Gasteiger partial charge in [0.2, 0.25) is 5.89 Å². The number of aromatic nitrogens is 4. The minimum Gasteiger partial charge on any atom is -0.446 e. The molecule has 5 rings (SSSR count). The van der Waals surface area contributed by atoms with Crippen LogP contribution in [-0.4, -0.2) is 25.8 Å². The van der Waals surface area contributed by atoms with Gasteiger partial charge in [-0.2, -0.15) is 0 Å².